The van der Waals surface area contributed by atoms with E-state index in [2.05, 4.69) is 66.5 Å². The molecule has 0 radical (unpaired) electrons. The average Bonchev–Trinajstić information content (AvgIpc) is 2.86. The Kier molecular flexibility index (Phi) is 8.28. The maximum absolute atomic E-state index is 13.0. The maximum Gasteiger partial charge on any atom is 0.254 e. The van der Waals surface area contributed by atoms with Gasteiger partial charge in [-0.3, -0.25) is 9.78 Å². The van der Waals surface area contributed by atoms with Gasteiger partial charge in [-0.1, -0.05) is 13.0 Å². The Morgan fingerprint density at radius 1 is 1.17 bits per heavy atom. The lowest BCUT2D eigenvalue weighted by atomic mass is 9.97. The first-order valence-electron chi connectivity index (χ1n) is 12.7. The molecular weight excluding hydrogens is 452 g/mol. The molecule has 1 aliphatic heterocycles. The van der Waals surface area contributed by atoms with Crippen LogP contribution in [-0.2, 0) is 19.6 Å². The summed E-state index contributed by atoms with van der Waals surface area (Å²) in [4.78, 5) is 28.4. The van der Waals surface area contributed by atoms with Crippen molar-refractivity contribution in [2.75, 3.05) is 11.9 Å². The van der Waals surface area contributed by atoms with Crippen LogP contribution < -0.4 is 10.6 Å². The van der Waals surface area contributed by atoms with Gasteiger partial charge in [-0.25, -0.2) is 9.97 Å². The molecule has 3 N–H and O–H groups in total. The van der Waals surface area contributed by atoms with Crippen LogP contribution in [0.15, 0.2) is 42.7 Å². The van der Waals surface area contributed by atoms with Gasteiger partial charge in [-0.2, -0.15) is 0 Å². The monoisotopic (exact) mass is 488 g/mol. The molecule has 1 aromatic carbocycles. The van der Waals surface area contributed by atoms with Gasteiger partial charge in [-0.05, 0) is 81.0 Å². The standard InChI is InChI=1S/C28H36N6O2/c1-5-21-15-31-28(32-24-11-18(2)10-19(3)12-24)33-26(21)16-30-23-7-9-34(20(4)13-23)27(36)22-6-8-29-25(14-22)17-35/h6,8,10-12,14-15,20,23,30,35H,5,7,9,13,16-17H2,1-4H3,(H,31,32,33)/t20-,23-/m1/s1. The Hall–Kier alpha value is -3.36. The molecule has 3 heterocycles. The van der Waals surface area contributed by atoms with Gasteiger partial charge in [0, 0.05) is 48.8 Å². The van der Waals surface area contributed by atoms with Crippen LogP contribution in [0.1, 0.15) is 65.1 Å². The molecule has 4 rings (SSSR count). The van der Waals surface area contributed by atoms with Gasteiger partial charge in [0.1, 0.15) is 0 Å². The second kappa shape index (κ2) is 11.6. The van der Waals surface area contributed by atoms with E-state index in [1.165, 1.54) is 11.1 Å². The SMILES string of the molecule is CCc1cnc(Nc2cc(C)cc(C)c2)nc1CN[C@@H]1CCN(C(=O)c2ccnc(CO)c2)[C@H](C)C1. The summed E-state index contributed by atoms with van der Waals surface area (Å²) in [7, 11) is 0. The molecule has 2 aromatic heterocycles. The number of nitrogens with one attached hydrogen (secondary N) is 2. The number of amides is 1. The Morgan fingerprint density at radius 2 is 1.94 bits per heavy atom. The molecule has 2 atom stereocenters. The summed E-state index contributed by atoms with van der Waals surface area (Å²) < 4.78 is 0. The van der Waals surface area contributed by atoms with E-state index in [0.717, 1.165) is 36.2 Å². The smallest absolute Gasteiger partial charge is 0.254 e. The topological polar surface area (TPSA) is 103 Å². The van der Waals surface area contributed by atoms with E-state index in [1.807, 2.05) is 11.1 Å². The number of likely N-dealkylation sites (tertiary alicyclic amines) is 1. The van der Waals surface area contributed by atoms with Crippen molar-refractivity contribution in [2.45, 2.75) is 72.2 Å². The van der Waals surface area contributed by atoms with Crippen molar-refractivity contribution >= 4 is 17.5 Å². The van der Waals surface area contributed by atoms with Crippen molar-refractivity contribution in [3.8, 4) is 0 Å². The number of aryl methyl sites for hydroxylation is 3. The van der Waals surface area contributed by atoms with Crippen LogP contribution in [0.2, 0.25) is 0 Å². The van der Waals surface area contributed by atoms with E-state index >= 15 is 0 Å². The second-order valence-corrected chi connectivity index (χ2v) is 9.66. The first-order chi connectivity index (χ1) is 17.4. The molecule has 1 amide bonds. The Bertz CT molecular complexity index is 1190. The van der Waals surface area contributed by atoms with Gasteiger partial charge >= 0.3 is 0 Å². The summed E-state index contributed by atoms with van der Waals surface area (Å²) in [5, 5.41) is 16.4. The van der Waals surface area contributed by atoms with Gasteiger partial charge in [0.15, 0.2) is 0 Å². The number of carbonyl (C=O) groups is 1. The highest BCUT2D eigenvalue weighted by Gasteiger charge is 2.29. The van der Waals surface area contributed by atoms with E-state index < -0.39 is 0 Å². The van der Waals surface area contributed by atoms with Crippen LogP contribution in [0.25, 0.3) is 0 Å². The van der Waals surface area contributed by atoms with Crippen molar-refractivity contribution in [1.29, 1.82) is 0 Å². The summed E-state index contributed by atoms with van der Waals surface area (Å²) in [5.41, 5.74) is 6.59. The number of aliphatic hydroxyl groups is 1. The predicted molar refractivity (Wildman–Crippen MR) is 141 cm³/mol. The molecule has 1 fully saturated rings. The number of rotatable bonds is 8. The van der Waals surface area contributed by atoms with Gasteiger partial charge in [0.05, 0.1) is 18.0 Å². The summed E-state index contributed by atoms with van der Waals surface area (Å²) in [6.45, 7) is 9.53. The minimum Gasteiger partial charge on any atom is -0.390 e. The molecule has 190 valence electrons. The van der Waals surface area contributed by atoms with E-state index in [0.29, 0.717) is 36.3 Å². The fourth-order valence-corrected chi connectivity index (χ4v) is 4.89. The fourth-order valence-electron chi connectivity index (χ4n) is 4.89. The zero-order valence-corrected chi connectivity index (χ0v) is 21.6. The van der Waals surface area contributed by atoms with Gasteiger partial charge in [-0.15, -0.1) is 0 Å². The zero-order chi connectivity index (χ0) is 25.7. The van der Waals surface area contributed by atoms with Crippen LogP contribution in [0.3, 0.4) is 0 Å². The quantitative estimate of drug-likeness (QED) is 0.439. The number of anilines is 2. The van der Waals surface area contributed by atoms with E-state index in [-0.39, 0.29) is 18.6 Å². The molecule has 8 heteroatoms. The largest absolute Gasteiger partial charge is 0.390 e. The van der Waals surface area contributed by atoms with Crippen LogP contribution in [0, 0.1) is 13.8 Å². The molecule has 0 saturated carbocycles. The van der Waals surface area contributed by atoms with Gasteiger partial charge in [0.2, 0.25) is 5.95 Å². The van der Waals surface area contributed by atoms with E-state index in [4.69, 9.17) is 4.98 Å². The third kappa shape index (κ3) is 6.25. The molecular formula is C28H36N6O2. The van der Waals surface area contributed by atoms with Crippen molar-refractivity contribution < 1.29 is 9.90 Å². The number of aromatic nitrogens is 3. The molecule has 0 unspecified atom stereocenters. The number of carbonyl (C=O) groups excluding carboxylic acids is 1. The summed E-state index contributed by atoms with van der Waals surface area (Å²) in [6.07, 6.45) is 6.09. The third-order valence-electron chi connectivity index (χ3n) is 6.73. The lowest BCUT2D eigenvalue weighted by molar-refractivity contribution is 0.0601. The normalized spacial score (nSPS) is 17.8. The minimum atomic E-state index is -0.173. The molecule has 0 bridgehead atoms. The van der Waals surface area contributed by atoms with Gasteiger partial charge < -0.3 is 20.6 Å². The molecule has 8 nitrogen and oxygen atoms in total. The third-order valence-corrected chi connectivity index (χ3v) is 6.73. The Balaban J connectivity index is 1.38. The van der Waals surface area contributed by atoms with Crippen molar-refractivity contribution in [3.05, 3.63) is 76.4 Å². The minimum absolute atomic E-state index is 0.00998. The van der Waals surface area contributed by atoms with Crippen molar-refractivity contribution in [3.63, 3.8) is 0 Å². The number of benzene rings is 1. The van der Waals surface area contributed by atoms with Crippen LogP contribution in [-0.4, -0.2) is 49.5 Å². The van der Waals surface area contributed by atoms with Crippen molar-refractivity contribution in [1.82, 2.24) is 25.2 Å². The molecule has 0 aliphatic carbocycles. The van der Waals surface area contributed by atoms with E-state index in [1.54, 1.807) is 18.3 Å². The molecule has 0 spiro atoms. The number of hydrogen-bond donors (Lipinski definition) is 3. The van der Waals surface area contributed by atoms with Crippen molar-refractivity contribution in [2.24, 2.45) is 0 Å². The zero-order valence-electron chi connectivity index (χ0n) is 21.6. The molecule has 1 aliphatic rings. The summed E-state index contributed by atoms with van der Waals surface area (Å²) in [5.74, 6) is 0.589. The molecule has 1 saturated heterocycles. The van der Waals surface area contributed by atoms with Gasteiger partial charge in [0.25, 0.3) is 5.91 Å². The highest BCUT2D eigenvalue weighted by molar-refractivity contribution is 5.94. The average molecular weight is 489 g/mol. The predicted octanol–water partition coefficient (Wildman–Crippen LogP) is 4.07. The highest BCUT2D eigenvalue weighted by atomic mass is 16.3. The van der Waals surface area contributed by atoms with Crippen LogP contribution in [0.4, 0.5) is 11.6 Å². The Labute approximate surface area is 213 Å². The lowest BCUT2D eigenvalue weighted by Gasteiger charge is -2.38. The van der Waals surface area contributed by atoms with E-state index in [9.17, 15) is 9.90 Å². The lowest BCUT2D eigenvalue weighted by Crippen LogP contribution is -2.49. The Morgan fingerprint density at radius 3 is 2.64 bits per heavy atom. The number of piperidine rings is 1. The fraction of sp³-hybridized carbons (Fsp3) is 0.429. The van der Waals surface area contributed by atoms with Crippen LogP contribution in [0.5, 0.6) is 0 Å². The number of aliphatic hydroxyl groups excluding tert-OH is 1. The number of nitrogens with zero attached hydrogens (tertiary/aromatic N) is 4. The number of hydrogen-bond acceptors (Lipinski definition) is 7. The molecule has 36 heavy (non-hydrogen) atoms. The second-order valence-electron chi connectivity index (χ2n) is 9.66. The number of pyridine rings is 1. The first kappa shape index (κ1) is 25.7. The highest BCUT2D eigenvalue weighted by Crippen LogP contribution is 2.22. The van der Waals surface area contributed by atoms with Crippen LogP contribution >= 0.6 is 0 Å². The maximum atomic E-state index is 13.0. The molecule has 3 aromatic rings. The summed E-state index contributed by atoms with van der Waals surface area (Å²) in [6, 6.07) is 10.1. The summed E-state index contributed by atoms with van der Waals surface area (Å²) >= 11 is 0. The first-order valence-corrected chi connectivity index (χ1v) is 12.7.